The van der Waals surface area contributed by atoms with Crippen molar-refractivity contribution in [3.63, 3.8) is 0 Å². The minimum absolute atomic E-state index is 0.442. The van der Waals surface area contributed by atoms with Crippen molar-refractivity contribution in [1.82, 2.24) is 10.0 Å². The maximum Gasteiger partial charge on any atom is 0.208 e. The van der Waals surface area contributed by atoms with E-state index < -0.39 is 10.0 Å². The van der Waals surface area contributed by atoms with E-state index >= 15 is 0 Å². The Bertz CT molecular complexity index is 527. The Labute approximate surface area is 119 Å². The van der Waals surface area contributed by atoms with Crippen LogP contribution in [0.5, 0.6) is 0 Å². The molecule has 1 aromatic carbocycles. The highest BCUT2D eigenvalue weighted by Crippen LogP contribution is 2.37. The Morgan fingerprint density at radius 2 is 2.05 bits per heavy atom. The van der Waals surface area contributed by atoms with E-state index in [2.05, 4.69) is 16.1 Å². The van der Waals surface area contributed by atoms with Crippen molar-refractivity contribution in [3.05, 3.63) is 34.9 Å². The van der Waals surface area contributed by atoms with Crippen molar-refractivity contribution in [2.24, 2.45) is 0 Å². The Morgan fingerprint density at radius 3 is 2.68 bits per heavy atom. The monoisotopic (exact) mass is 302 g/mol. The minimum atomic E-state index is -3.07. The van der Waals surface area contributed by atoms with Crippen molar-refractivity contribution >= 4 is 21.6 Å². The first kappa shape index (κ1) is 14.8. The summed E-state index contributed by atoms with van der Waals surface area (Å²) < 4.78 is 24.2. The number of benzene rings is 1. The molecule has 1 aliphatic rings. The third-order valence-electron chi connectivity index (χ3n) is 3.38. The molecule has 6 heteroatoms. The lowest BCUT2D eigenvalue weighted by Gasteiger charge is -2.36. The second-order valence-electron chi connectivity index (χ2n) is 5.04. The molecule has 2 rings (SSSR count). The molecule has 4 nitrogen and oxygen atoms in total. The summed E-state index contributed by atoms with van der Waals surface area (Å²) in [6.07, 6.45) is 3.34. The fourth-order valence-electron chi connectivity index (χ4n) is 2.33. The molecule has 1 aliphatic carbocycles. The number of hydrogen-bond acceptors (Lipinski definition) is 3. The molecular weight excluding hydrogens is 284 g/mol. The summed E-state index contributed by atoms with van der Waals surface area (Å²) in [5.74, 6) is 0.569. The van der Waals surface area contributed by atoms with Crippen LogP contribution in [-0.4, -0.2) is 33.8 Å². The van der Waals surface area contributed by atoms with Crippen LogP contribution in [0.15, 0.2) is 24.3 Å². The first-order valence-corrected chi connectivity index (χ1v) is 8.64. The third-order valence-corrected chi connectivity index (χ3v) is 4.34. The largest absolute Gasteiger partial charge is 0.313 e. The van der Waals surface area contributed by atoms with E-state index in [1.54, 1.807) is 0 Å². The smallest absolute Gasteiger partial charge is 0.208 e. The number of halogens is 1. The van der Waals surface area contributed by atoms with Gasteiger partial charge in [-0.25, -0.2) is 13.1 Å². The Hall–Kier alpha value is -0.620. The van der Waals surface area contributed by atoms with Crippen LogP contribution >= 0.6 is 11.6 Å². The SMILES string of the molecule is CS(=O)(=O)NCCNC1CC(c2cccc(Cl)c2)C1. The molecule has 19 heavy (non-hydrogen) atoms. The van der Waals surface area contributed by atoms with Crippen molar-refractivity contribution in [2.75, 3.05) is 19.3 Å². The highest BCUT2D eigenvalue weighted by Gasteiger charge is 2.29. The lowest BCUT2D eigenvalue weighted by Crippen LogP contribution is -2.43. The average Bonchev–Trinajstić information content (AvgIpc) is 2.24. The number of nitrogens with one attached hydrogen (secondary N) is 2. The summed E-state index contributed by atoms with van der Waals surface area (Å²) in [6.45, 7) is 1.11. The van der Waals surface area contributed by atoms with Crippen LogP contribution in [-0.2, 0) is 10.0 Å². The summed E-state index contributed by atoms with van der Waals surface area (Å²) in [7, 11) is -3.07. The van der Waals surface area contributed by atoms with Gasteiger partial charge in [0.1, 0.15) is 0 Å². The van der Waals surface area contributed by atoms with Crippen molar-refractivity contribution in [2.45, 2.75) is 24.8 Å². The number of rotatable bonds is 6. The second-order valence-corrected chi connectivity index (χ2v) is 7.31. The van der Waals surface area contributed by atoms with Crippen LogP contribution in [0, 0.1) is 0 Å². The van der Waals surface area contributed by atoms with E-state index in [0.29, 0.717) is 25.0 Å². The van der Waals surface area contributed by atoms with Gasteiger partial charge in [-0.1, -0.05) is 23.7 Å². The van der Waals surface area contributed by atoms with Gasteiger partial charge in [0, 0.05) is 24.2 Å². The zero-order chi connectivity index (χ0) is 13.9. The maximum absolute atomic E-state index is 10.9. The van der Waals surface area contributed by atoms with Gasteiger partial charge in [0.05, 0.1) is 6.26 Å². The summed E-state index contributed by atoms with van der Waals surface area (Å²) in [4.78, 5) is 0. The van der Waals surface area contributed by atoms with Crippen LogP contribution in [0.3, 0.4) is 0 Å². The third kappa shape index (κ3) is 4.76. The fraction of sp³-hybridized carbons (Fsp3) is 0.538. The molecule has 0 heterocycles. The van der Waals surface area contributed by atoms with E-state index in [4.69, 9.17) is 11.6 Å². The van der Waals surface area contributed by atoms with E-state index in [1.807, 2.05) is 18.2 Å². The highest BCUT2D eigenvalue weighted by atomic mass is 35.5. The van der Waals surface area contributed by atoms with Crippen LogP contribution in [0.4, 0.5) is 0 Å². The first-order chi connectivity index (χ1) is 8.94. The van der Waals surface area contributed by atoms with Gasteiger partial charge in [0.25, 0.3) is 0 Å². The van der Waals surface area contributed by atoms with Crippen LogP contribution in [0.2, 0.25) is 5.02 Å². The summed E-state index contributed by atoms with van der Waals surface area (Å²) in [5, 5.41) is 4.13. The number of hydrogen-bond donors (Lipinski definition) is 2. The van der Waals surface area contributed by atoms with Gasteiger partial charge in [-0.05, 0) is 36.5 Å². The van der Waals surface area contributed by atoms with Gasteiger partial charge >= 0.3 is 0 Å². The van der Waals surface area contributed by atoms with Crippen LogP contribution < -0.4 is 10.0 Å². The molecule has 0 spiro atoms. The predicted octanol–water partition coefficient (Wildman–Crippen LogP) is 1.72. The van der Waals surface area contributed by atoms with Crippen molar-refractivity contribution in [3.8, 4) is 0 Å². The lowest BCUT2D eigenvalue weighted by atomic mass is 9.76. The molecule has 106 valence electrons. The lowest BCUT2D eigenvalue weighted by molar-refractivity contribution is 0.293. The van der Waals surface area contributed by atoms with Crippen molar-refractivity contribution in [1.29, 1.82) is 0 Å². The summed E-state index contributed by atoms with van der Waals surface area (Å²) >= 11 is 5.97. The Morgan fingerprint density at radius 1 is 1.32 bits per heavy atom. The molecule has 0 saturated heterocycles. The molecule has 0 aliphatic heterocycles. The predicted molar refractivity (Wildman–Crippen MR) is 78.1 cm³/mol. The number of sulfonamides is 1. The Balaban J connectivity index is 1.67. The summed E-state index contributed by atoms with van der Waals surface area (Å²) in [5.41, 5.74) is 1.29. The normalized spacial score (nSPS) is 23.1. The van der Waals surface area contributed by atoms with Gasteiger partial charge in [-0.3, -0.25) is 0 Å². The van der Waals surface area contributed by atoms with E-state index in [0.717, 1.165) is 17.9 Å². The van der Waals surface area contributed by atoms with Crippen molar-refractivity contribution < 1.29 is 8.42 Å². The standard InChI is InChI=1S/C13H19ClN2O2S/c1-19(17,18)16-6-5-15-13-8-11(9-13)10-3-2-4-12(14)7-10/h2-4,7,11,13,15-16H,5-6,8-9H2,1H3. The van der Waals surface area contributed by atoms with Gasteiger partial charge in [0.2, 0.25) is 10.0 Å². The molecule has 0 radical (unpaired) electrons. The van der Waals surface area contributed by atoms with Gasteiger partial charge in [-0.15, -0.1) is 0 Å². The minimum Gasteiger partial charge on any atom is -0.313 e. The van der Waals surface area contributed by atoms with Gasteiger partial charge in [0.15, 0.2) is 0 Å². The molecular formula is C13H19ClN2O2S. The van der Waals surface area contributed by atoms with E-state index in [1.165, 1.54) is 11.8 Å². The quantitative estimate of drug-likeness (QED) is 0.787. The first-order valence-electron chi connectivity index (χ1n) is 6.37. The second kappa shape index (κ2) is 6.22. The molecule has 1 fully saturated rings. The zero-order valence-electron chi connectivity index (χ0n) is 10.9. The molecule has 0 bridgehead atoms. The molecule has 2 N–H and O–H groups in total. The van der Waals surface area contributed by atoms with Gasteiger partial charge < -0.3 is 5.32 Å². The molecule has 1 aromatic rings. The maximum atomic E-state index is 10.9. The summed E-state index contributed by atoms with van der Waals surface area (Å²) in [6, 6.07) is 8.47. The van der Waals surface area contributed by atoms with Crippen LogP contribution in [0.25, 0.3) is 0 Å². The molecule has 1 saturated carbocycles. The Kier molecular flexibility index (Phi) is 4.84. The van der Waals surface area contributed by atoms with E-state index in [9.17, 15) is 8.42 Å². The topological polar surface area (TPSA) is 58.2 Å². The molecule has 0 unspecified atom stereocenters. The van der Waals surface area contributed by atoms with Crippen LogP contribution in [0.1, 0.15) is 24.3 Å². The molecule has 0 aromatic heterocycles. The molecule has 0 atom stereocenters. The molecule has 0 amide bonds. The van der Waals surface area contributed by atoms with E-state index in [-0.39, 0.29) is 0 Å². The zero-order valence-corrected chi connectivity index (χ0v) is 12.5. The highest BCUT2D eigenvalue weighted by molar-refractivity contribution is 7.88. The van der Waals surface area contributed by atoms with Gasteiger partial charge in [-0.2, -0.15) is 0 Å². The average molecular weight is 303 g/mol. The fourth-order valence-corrected chi connectivity index (χ4v) is 3.00.